The van der Waals surface area contributed by atoms with Crippen LogP contribution in [0.2, 0.25) is 0 Å². The van der Waals surface area contributed by atoms with E-state index in [1.807, 2.05) is 31.2 Å². The number of aryl methyl sites for hydroxylation is 1. The van der Waals surface area contributed by atoms with Gasteiger partial charge in [-0.3, -0.25) is 4.79 Å². The summed E-state index contributed by atoms with van der Waals surface area (Å²) in [4.78, 5) is 27.9. The maximum Gasteiger partial charge on any atom is 0.340 e. The summed E-state index contributed by atoms with van der Waals surface area (Å²) in [5.41, 5.74) is 3.44. The fourth-order valence-corrected chi connectivity index (χ4v) is 4.19. The van der Waals surface area contributed by atoms with Crippen molar-refractivity contribution < 1.29 is 18.7 Å². The molecule has 0 radical (unpaired) electrons. The summed E-state index contributed by atoms with van der Waals surface area (Å²) in [5, 5.41) is 2.83. The highest BCUT2D eigenvalue weighted by atomic mass is 19.1. The molecule has 1 heterocycles. The van der Waals surface area contributed by atoms with Crippen molar-refractivity contribution in [1.29, 1.82) is 0 Å². The number of amides is 1. The van der Waals surface area contributed by atoms with Crippen LogP contribution in [0.25, 0.3) is 11.1 Å². The molecule has 1 amide bonds. The Morgan fingerprint density at radius 3 is 2.36 bits per heavy atom. The minimum atomic E-state index is -0.720. The largest absolute Gasteiger partial charge is 0.465 e. The Kier molecular flexibility index (Phi) is 6.73. The monoisotopic (exact) mass is 446 g/mol. The number of piperidine rings is 1. The van der Waals surface area contributed by atoms with Crippen molar-refractivity contribution in [1.82, 2.24) is 0 Å². The van der Waals surface area contributed by atoms with E-state index >= 15 is 0 Å². The number of halogens is 1. The smallest absolute Gasteiger partial charge is 0.340 e. The van der Waals surface area contributed by atoms with E-state index in [9.17, 15) is 14.0 Å². The predicted molar refractivity (Wildman–Crippen MR) is 128 cm³/mol. The number of nitrogens with one attached hydrogen (secondary N) is 1. The molecule has 170 valence electrons. The Hall–Kier alpha value is -3.67. The Morgan fingerprint density at radius 2 is 1.67 bits per heavy atom. The fraction of sp³-hybridized carbons (Fsp3) is 0.259. The Morgan fingerprint density at radius 1 is 0.939 bits per heavy atom. The normalized spacial score (nSPS) is 13.5. The van der Waals surface area contributed by atoms with Gasteiger partial charge in [-0.2, -0.15) is 0 Å². The summed E-state index contributed by atoms with van der Waals surface area (Å²) in [6.45, 7) is 3.81. The second-order valence-electron chi connectivity index (χ2n) is 8.24. The molecule has 0 saturated carbocycles. The SMILES string of the molecule is COC(=O)c1cc(F)c(-c2ccccc2)cc1NC(=O)c1cc(N2CCCCC2)ccc1C. The highest BCUT2D eigenvalue weighted by molar-refractivity contribution is 6.09. The number of hydrogen-bond acceptors (Lipinski definition) is 4. The van der Waals surface area contributed by atoms with Crippen LogP contribution in [0.1, 0.15) is 45.5 Å². The highest BCUT2D eigenvalue weighted by Crippen LogP contribution is 2.30. The van der Waals surface area contributed by atoms with Crippen LogP contribution < -0.4 is 10.2 Å². The summed E-state index contributed by atoms with van der Waals surface area (Å²) < 4.78 is 19.7. The van der Waals surface area contributed by atoms with E-state index in [-0.39, 0.29) is 22.7 Å². The third kappa shape index (κ3) is 4.90. The van der Waals surface area contributed by atoms with Gasteiger partial charge in [0.2, 0.25) is 0 Å². The van der Waals surface area contributed by atoms with Crippen molar-refractivity contribution in [2.45, 2.75) is 26.2 Å². The lowest BCUT2D eigenvalue weighted by Gasteiger charge is -2.29. The van der Waals surface area contributed by atoms with E-state index in [0.717, 1.165) is 43.2 Å². The molecule has 1 aliphatic heterocycles. The molecule has 4 rings (SSSR count). The van der Waals surface area contributed by atoms with E-state index in [4.69, 9.17) is 4.74 Å². The molecule has 5 nitrogen and oxygen atoms in total. The molecule has 0 atom stereocenters. The van der Waals surface area contributed by atoms with E-state index < -0.39 is 11.8 Å². The van der Waals surface area contributed by atoms with Gasteiger partial charge in [0, 0.05) is 29.9 Å². The van der Waals surface area contributed by atoms with Crippen molar-refractivity contribution in [2.75, 3.05) is 30.4 Å². The van der Waals surface area contributed by atoms with Gasteiger partial charge in [0.05, 0.1) is 18.4 Å². The number of methoxy groups -OCH3 is 1. The number of esters is 1. The second kappa shape index (κ2) is 9.86. The number of benzene rings is 3. The molecular formula is C27H27FN2O3. The molecule has 0 bridgehead atoms. The second-order valence-corrected chi connectivity index (χ2v) is 8.24. The molecule has 1 fully saturated rings. The van der Waals surface area contributed by atoms with Crippen LogP contribution in [-0.4, -0.2) is 32.1 Å². The minimum Gasteiger partial charge on any atom is -0.465 e. The third-order valence-electron chi connectivity index (χ3n) is 6.03. The molecule has 0 aromatic heterocycles. The van der Waals surface area contributed by atoms with Gasteiger partial charge in [0.25, 0.3) is 5.91 Å². The molecule has 0 unspecified atom stereocenters. The topological polar surface area (TPSA) is 58.6 Å². The van der Waals surface area contributed by atoms with E-state index in [2.05, 4.69) is 10.2 Å². The van der Waals surface area contributed by atoms with Crippen molar-refractivity contribution in [2.24, 2.45) is 0 Å². The molecule has 3 aromatic carbocycles. The molecule has 1 saturated heterocycles. The molecule has 0 spiro atoms. The first kappa shape index (κ1) is 22.5. The lowest BCUT2D eigenvalue weighted by atomic mass is 10.0. The van der Waals surface area contributed by atoms with Crippen LogP contribution in [0.4, 0.5) is 15.8 Å². The van der Waals surface area contributed by atoms with Crippen LogP contribution in [-0.2, 0) is 4.74 Å². The summed E-state index contributed by atoms with van der Waals surface area (Å²) >= 11 is 0. The number of nitrogens with zero attached hydrogens (tertiary/aromatic N) is 1. The van der Waals surface area contributed by atoms with Gasteiger partial charge < -0.3 is 15.0 Å². The van der Waals surface area contributed by atoms with E-state index in [1.165, 1.54) is 19.6 Å². The minimum absolute atomic E-state index is 0.0344. The zero-order valence-corrected chi connectivity index (χ0v) is 18.9. The quantitative estimate of drug-likeness (QED) is 0.501. The molecule has 1 aliphatic rings. The summed E-state index contributed by atoms with van der Waals surface area (Å²) in [6.07, 6.45) is 3.49. The number of rotatable bonds is 5. The third-order valence-corrected chi connectivity index (χ3v) is 6.03. The average Bonchev–Trinajstić information content (AvgIpc) is 2.85. The first-order valence-corrected chi connectivity index (χ1v) is 11.1. The van der Waals surface area contributed by atoms with Gasteiger partial charge in [-0.25, -0.2) is 9.18 Å². The van der Waals surface area contributed by atoms with Crippen LogP contribution in [0.5, 0.6) is 0 Å². The highest BCUT2D eigenvalue weighted by Gasteiger charge is 2.21. The standard InChI is InChI=1S/C27H27FN2O3/c1-18-11-12-20(30-13-7-4-8-14-30)15-21(18)26(31)29-25-17-22(19-9-5-3-6-10-19)24(28)16-23(25)27(32)33-2/h3,5-6,9-12,15-17H,4,7-8,13-14H2,1-2H3,(H,29,31). The van der Waals surface area contributed by atoms with Gasteiger partial charge in [-0.1, -0.05) is 36.4 Å². The van der Waals surface area contributed by atoms with Crippen molar-refractivity contribution in [3.8, 4) is 11.1 Å². The number of carbonyl (C=O) groups is 2. The molecule has 1 N–H and O–H groups in total. The molecule has 3 aromatic rings. The van der Waals surface area contributed by atoms with Gasteiger partial charge >= 0.3 is 5.97 Å². The Bertz CT molecular complexity index is 1170. The van der Waals surface area contributed by atoms with Crippen LogP contribution in [0.15, 0.2) is 60.7 Å². The number of carbonyl (C=O) groups excluding carboxylic acids is 2. The van der Waals surface area contributed by atoms with Crippen LogP contribution >= 0.6 is 0 Å². The zero-order chi connectivity index (χ0) is 23.4. The lowest BCUT2D eigenvalue weighted by Crippen LogP contribution is -2.29. The van der Waals surface area contributed by atoms with E-state index in [1.54, 1.807) is 24.3 Å². The van der Waals surface area contributed by atoms with Crippen molar-refractivity contribution in [3.05, 3.63) is 83.2 Å². The first-order valence-electron chi connectivity index (χ1n) is 11.1. The summed E-state index contributed by atoms with van der Waals surface area (Å²) in [5.74, 6) is -1.65. The Labute approximate surface area is 193 Å². The molecule has 6 heteroatoms. The van der Waals surface area contributed by atoms with Crippen LogP contribution in [0.3, 0.4) is 0 Å². The van der Waals surface area contributed by atoms with Gasteiger partial charge in [-0.05, 0) is 61.6 Å². The fourth-order valence-electron chi connectivity index (χ4n) is 4.19. The number of anilines is 2. The predicted octanol–water partition coefficient (Wildman–Crippen LogP) is 5.83. The summed E-state index contributed by atoms with van der Waals surface area (Å²) in [7, 11) is 1.23. The van der Waals surface area contributed by atoms with Gasteiger partial charge in [0.1, 0.15) is 5.82 Å². The van der Waals surface area contributed by atoms with Crippen molar-refractivity contribution in [3.63, 3.8) is 0 Å². The number of ether oxygens (including phenoxy) is 1. The number of hydrogen-bond donors (Lipinski definition) is 1. The van der Waals surface area contributed by atoms with Crippen molar-refractivity contribution >= 4 is 23.3 Å². The molecule has 33 heavy (non-hydrogen) atoms. The zero-order valence-electron chi connectivity index (χ0n) is 18.9. The van der Waals surface area contributed by atoms with E-state index in [0.29, 0.717) is 11.1 Å². The van der Waals surface area contributed by atoms with Gasteiger partial charge in [-0.15, -0.1) is 0 Å². The maximum atomic E-state index is 14.9. The van der Waals surface area contributed by atoms with Gasteiger partial charge in [0.15, 0.2) is 0 Å². The molecular weight excluding hydrogens is 419 g/mol. The Balaban J connectivity index is 1.70. The average molecular weight is 447 g/mol. The van der Waals surface area contributed by atoms with Crippen LogP contribution in [0, 0.1) is 12.7 Å². The maximum absolute atomic E-state index is 14.9. The summed E-state index contributed by atoms with van der Waals surface area (Å²) in [6, 6.07) is 17.4. The lowest BCUT2D eigenvalue weighted by molar-refractivity contribution is 0.0601. The molecule has 0 aliphatic carbocycles. The first-order chi connectivity index (χ1) is 16.0.